The molecule has 0 saturated heterocycles. The topological polar surface area (TPSA) is 14.2 Å². The Morgan fingerprint density at radius 3 is 2.08 bits per heavy atom. The molecular weight excluding hydrogens is 486 g/mol. The van der Waals surface area contributed by atoms with Crippen molar-refractivity contribution in [3.05, 3.63) is 140 Å². The van der Waals surface area contributed by atoms with E-state index in [0.717, 1.165) is 22.7 Å². The Morgan fingerprint density at radius 2 is 1.15 bits per heavy atom. The van der Waals surface area contributed by atoms with Crippen LogP contribution in [0.2, 0.25) is 0 Å². The predicted octanol–water partition coefficient (Wildman–Crippen LogP) is 10.5. The molecule has 0 N–H and O–H groups in total. The van der Waals surface area contributed by atoms with E-state index in [2.05, 4.69) is 138 Å². The first-order chi connectivity index (χ1) is 19.9. The molecule has 0 atom stereocenters. The lowest BCUT2D eigenvalue weighted by Crippen LogP contribution is -1.98. The minimum atomic E-state index is 0.911. The highest BCUT2D eigenvalue weighted by Crippen LogP contribution is 2.51. The number of fused-ring (bicyclic) bond motifs is 6. The Bertz CT molecular complexity index is 2290. The maximum Gasteiger partial charge on any atom is 0.135 e. The van der Waals surface area contributed by atoms with Gasteiger partial charge in [-0.15, -0.1) is 0 Å². The summed E-state index contributed by atoms with van der Waals surface area (Å²) in [4.78, 5) is 0. The Labute approximate surface area is 231 Å². The lowest BCUT2D eigenvalue weighted by molar-refractivity contribution is 0.487. The summed E-state index contributed by atoms with van der Waals surface area (Å²) in [5.74, 6) is 1.82. The largest absolute Gasteiger partial charge is 0.456 e. The SMILES string of the molecule is c1ccc(-n2c3ccccc3c3c(-c4ccc5c6c(cccc46)-c4ccccc4O5)c4ccccc4cc32)cc1. The van der Waals surface area contributed by atoms with Crippen LogP contribution in [-0.4, -0.2) is 4.57 Å². The van der Waals surface area contributed by atoms with Crippen molar-refractivity contribution in [1.82, 2.24) is 4.57 Å². The number of benzene rings is 7. The predicted molar refractivity (Wildman–Crippen MR) is 167 cm³/mol. The van der Waals surface area contributed by atoms with Crippen LogP contribution in [0.15, 0.2) is 140 Å². The first-order valence-electron chi connectivity index (χ1n) is 13.7. The van der Waals surface area contributed by atoms with Gasteiger partial charge in [-0.05, 0) is 69.8 Å². The lowest BCUT2D eigenvalue weighted by atomic mass is 9.87. The number of hydrogen-bond donors (Lipinski definition) is 0. The van der Waals surface area contributed by atoms with Crippen molar-refractivity contribution in [3.8, 4) is 39.4 Å². The fourth-order valence-corrected chi connectivity index (χ4v) is 6.73. The monoisotopic (exact) mass is 509 g/mol. The van der Waals surface area contributed by atoms with Gasteiger partial charge >= 0.3 is 0 Å². The molecule has 0 unspecified atom stereocenters. The van der Waals surface area contributed by atoms with Gasteiger partial charge in [0, 0.05) is 33.0 Å². The van der Waals surface area contributed by atoms with E-state index in [0.29, 0.717) is 0 Å². The van der Waals surface area contributed by atoms with Crippen molar-refractivity contribution in [2.75, 3.05) is 0 Å². The van der Waals surface area contributed by atoms with Crippen LogP contribution < -0.4 is 4.74 Å². The molecule has 0 saturated carbocycles. The van der Waals surface area contributed by atoms with E-state index in [1.807, 2.05) is 6.07 Å². The van der Waals surface area contributed by atoms with E-state index in [9.17, 15) is 0 Å². The molecule has 1 aliphatic rings. The normalized spacial score (nSPS) is 12.2. The molecular formula is C38H23NO. The summed E-state index contributed by atoms with van der Waals surface area (Å²) >= 11 is 0. The van der Waals surface area contributed by atoms with Gasteiger partial charge in [0.1, 0.15) is 11.5 Å². The van der Waals surface area contributed by atoms with Gasteiger partial charge in [-0.1, -0.05) is 97.1 Å². The molecule has 186 valence electrons. The van der Waals surface area contributed by atoms with Gasteiger partial charge in [0.2, 0.25) is 0 Å². The lowest BCUT2D eigenvalue weighted by Gasteiger charge is -2.23. The summed E-state index contributed by atoms with van der Waals surface area (Å²) in [6.45, 7) is 0. The molecule has 2 heteroatoms. The zero-order valence-corrected chi connectivity index (χ0v) is 21.6. The van der Waals surface area contributed by atoms with Gasteiger partial charge in [0.05, 0.1) is 11.0 Å². The maximum absolute atomic E-state index is 6.44. The van der Waals surface area contributed by atoms with Crippen molar-refractivity contribution >= 4 is 43.4 Å². The van der Waals surface area contributed by atoms with Crippen LogP contribution in [0.4, 0.5) is 0 Å². The van der Waals surface area contributed by atoms with E-state index >= 15 is 0 Å². The minimum absolute atomic E-state index is 0.911. The van der Waals surface area contributed by atoms with Gasteiger partial charge < -0.3 is 9.30 Å². The summed E-state index contributed by atoms with van der Waals surface area (Å²) in [5, 5.41) is 7.39. The van der Waals surface area contributed by atoms with Crippen molar-refractivity contribution < 1.29 is 4.74 Å². The third-order valence-corrected chi connectivity index (χ3v) is 8.37. The summed E-state index contributed by atoms with van der Waals surface area (Å²) < 4.78 is 8.85. The Hall–Kier alpha value is -5.34. The Balaban J connectivity index is 1.48. The summed E-state index contributed by atoms with van der Waals surface area (Å²) in [7, 11) is 0. The first kappa shape index (κ1) is 21.6. The number of hydrogen-bond acceptors (Lipinski definition) is 1. The van der Waals surface area contributed by atoms with E-state index in [1.54, 1.807) is 0 Å². The van der Waals surface area contributed by atoms with Crippen molar-refractivity contribution in [3.63, 3.8) is 0 Å². The number of rotatable bonds is 2. The molecule has 8 aromatic rings. The molecule has 0 radical (unpaired) electrons. The standard InChI is InChI=1S/C38H23NO/c1-2-12-25(13-3-1)39-32-19-8-6-16-31(32)38-33(39)23-24-11-4-5-14-26(24)37(38)30-21-22-35-36-28(17-10-18-29(30)36)27-15-7-9-20-34(27)40-35/h1-23H. The smallest absolute Gasteiger partial charge is 0.135 e. The van der Waals surface area contributed by atoms with Gasteiger partial charge in [-0.2, -0.15) is 0 Å². The van der Waals surface area contributed by atoms with Crippen LogP contribution >= 0.6 is 0 Å². The maximum atomic E-state index is 6.44. The highest BCUT2D eigenvalue weighted by Gasteiger charge is 2.24. The highest BCUT2D eigenvalue weighted by molar-refractivity contribution is 6.26. The number of aromatic nitrogens is 1. The summed E-state index contributed by atoms with van der Waals surface area (Å²) in [6.07, 6.45) is 0. The fraction of sp³-hybridized carbons (Fsp3) is 0. The molecule has 2 nitrogen and oxygen atoms in total. The summed E-state index contributed by atoms with van der Waals surface area (Å²) in [6, 6.07) is 50.0. The molecule has 9 rings (SSSR count). The fourth-order valence-electron chi connectivity index (χ4n) is 6.73. The minimum Gasteiger partial charge on any atom is -0.456 e. The van der Waals surface area contributed by atoms with Crippen molar-refractivity contribution in [2.45, 2.75) is 0 Å². The van der Waals surface area contributed by atoms with Gasteiger partial charge in [-0.25, -0.2) is 0 Å². The van der Waals surface area contributed by atoms with Crippen LogP contribution in [0.25, 0.3) is 71.3 Å². The van der Waals surface area contributed by atoms with Crippen LogP contribution in [0.3, 0.4) is 0 Å². The van der Waals surface area contributed by atoms with Gasteiger partial charge in [-0.3, -0.25) is 0 Å². The van der Waals surface area contributed by atoms with E-state index < -0.39 is 0 Å². The molecule has 0 bridgehead atoms. The van der Waals surface area contributed by atoms with Crippen LogP contribution in [0, 0.1) is 0 Å². The molecule has 2 heterocycles. The molecule has 1 aromatic heterocycles. The van der Waals surface area contributed by atoms with Crippen molar-refractivity contribution in [2.24, 2.45) is 0 Å². The van der Waals surface area contributed by atoms with Gasteiger partial charge in [0.25, 0.3) is 0 Å². The third-order valence-electron chi connectivity index (χ3n) is 8.37. The average Bonchev–Trinajstić information content (AvgIpc) is 3.35. The Kier molecular flexibility index (Phi) is 4.36. The molecule has 7 aromatic carbocycles. The van der Waals surface area contributed by atoms with E-state index in [-0.39, 0.29) is 0 Å². The second-order valence-electron chi connectivity index (χ2n) is 10.5. The molecule has 1 aliphatic heterocycles. The average molecular weight is 510 g/mol. The van der Waals surface area contributed by atoms with Crippen LogP contribution in [-0.2, 0) is 0 Å². The van der Waals surface area contributed by atoms with Crippen LogP contribution in [0.1, 0.15) is 0 Å². The number of nitrogens with zero attached hydrogens (tertiary/aromatic N) is 1. The molecule has 0 aliphatic carbocycles. The molecule has 40 heavy (non-hydrogen) atoms. The van der Waals surface area contributed by atoms with E-state index in [1.165, 1.54) is 60.0 Å². The molecule has 0 amide bonds. The zero-order valence-electron chi connectivity index (χ0n) is 21.6. The number of ether oxygens (including phenoxy) is 1. The second-order valence-corrected chi connectivity index (χ2v) is 10.5. The third kappa shape index (κ3) is 2.88. The quantitative estimate of drug-likeness (QED) is 0.226. The van der Waals surface area contributed by atoms with Crippen LogP contribution in [0.5, 0.6) is 11.5 Å². The molecule has 0 spiro atoms. The van der Waals surface area contributed by atoms with E-state index in [4.69, 9.17) is 4.74 Å². The highest BCUT2D eigenvalue weighted by atomic mass is 16.5. The molecule has 0 fully saturated rings. The first-order valence-corrected chi connectivity index (χ1v) is 13.7. The Morgan fingerprint density at radius 1 is 0.425 bits per heavy atom. The second kappa shape index (κ2) is 8.08. The zero-order chi connectivity index (χ0) is 26.2. The summed E-state index contributed by atoms with van der Waals surface area (Å²) in [5.41, 5.74) is 8.43. The number of para-hydroxylation sites is 3. The van der Waals surface area contributed by atoms with Gasteiger partial charge in [0.15, 0.2) is 0 Å². The van der Waals surface area contributed by atoms with Crippen molar-refractivity contribution in [1.29, 1.82) is 0 Å².